The molecule has 0 saturated carbocycles. The topological polar surface area (TPSA) is 62.1 Å². The predicted octanol–water partition coefficient (Wildman–Crippen LogP) is 3.46. The van der Waals surface area contributed by atoms with E-state index in [1.807, 2.05) is 44.2 Å². The molecule has 1 aliphatic rings. The fraction of sp³-hybridized carbons (Fsp3) is 0.364. The molecule has 0 fully saturated rings. The maximum absolute atomic E-state index is 12.6. The smallest absolute Gasteiger partial charge is 0.243 e. The standard InChI is InChI=1S/C22H26N2O3/c1-16-11-17(2)13-18(12-16)21-14-19(15-25)24(23-21)22(26)9-6-10-27-20-7-4-3-5-8-20/h3-5,7-8,11-13,19,25H,6,9-10,14-15H2,1-2H3. The molecule has 0 spiro atoms. The molecule has 0 bridgehead atoms. The summed E-state index contributed by atoms with van der Waals surface area (Å²) in [5.74, 6) is 0.722. The van der Waals surface area contributed by atoms with Crippen LogP contribution in [0.4, 0.5) is 0 Å². The average molecular weight is 366 g/mol. The van der Waals surface area contributed by atoms with E-state index in [9.17, 15) is 9.90 Å². The zero-order valence-electron chi connectivity index (χ0n) is 15.9. The van der Waals surface area contributed by atoms with Gasteiger partial charge in [0.05, 0.1) is 25.0 Å². The van der Waals surface area contributed by atoms with Crippen LogP contribution >= 0.6 is 0 Å². The Labute approximate surface area is 160 Å². The fourth-order valence-electron chi connectivity index (χ4n) is 3.33. The van der Waals surface area contributed by atoms with Gasteiger partial charge in [-0.2, -0.15) is 5.10 Å². The molecule has 2 aromatic carbocycles. The molecule has 1 amide bonds. The summed E-state index contributed by atoms with van der Waals surface area (Å²) in [5.41, 5.74) is 4.20. The number of benzene rings is 2. The summed E-state index contributed by atoms with van der Waals surface area (Å²) in [7, 11) is 0. The third kappa shape index (κ3) is 4.95. The highest BCUT2D eigenvalue weighted by Gasteiger charge is 2.31. The van der Waals surface area contributed by atoms with Gasteiger partial charge in [-0.05, 0) is 38.0 Å². The minimum absolute atomic E-state index is 0.0786. The Morgan fingerprint density at radius 3 is 2.56 bits per heavy atom. The lowest BCUT2D eigenvalue weighted by Crippen LogP contribution is -2.35. The molecule has 142 valence electrons. The molecule has 5 heteroatoms. The van der Waals surface area contributed by atoms with Gasteiger partial charge in [0.1, 0.15) is 5.75 Å². The highest BCUT2D eigenvalue weighted by Crippen LogP contribution is 2.22. The van der Waals surface area contributed by atoms with Crippen LogP contribution in [-0.4, -0.2) is 41.0 Å². The summed E-state index contributed by atoms with van der Waals surface area (Å²) >= 11 is 0. The van der Waals surface area contributed by atoms with Crippen molar-refractivity contribution in [2.24, 2.45) is 5.10 Å². The van der Waals surface area contributed by atoms with Gasteiger partial charge in [0.15, 0.2) is 0 Å². The van der Waals surface area contributed by atoms with Crippen molar-refractivity contribution in [2.45, 2.75) is 39.2 Å². The molecule has 1 unspecified atom stereocenters. The number of rotatable bonds is 7. The number of hydrogen-bond acceptors (Lipinski definition) is 4. The van der Waals surface area contributed by atoms with Crippen molar-refractivity contribution in [3.8, 4) is 5.75 Å². The third-order valence-electron chi connectivity index (χ3n) is 4.57. The zero-order valence-corrected chi connectivity index (χ0v) is 15.9. The van der Waals surface area contributed by atoms with Crippen molar-refractivity contribution >= 4 is 11.6 Å². The number of aliphatic hydroxyl groups is 1. The van der Waals surface area contributed by atoms with Crippen molar-refractivity contribution in [3.05, 3.63) is 65.2 Å². The third-order valence-corrected chi connectivity index (χ3v) is 4.57. The van der Waals surface area contributed by atoms with Crippen LogP contribution in [0.25, 0.3) is 0 Å². The summed E-state index contributed by atoms with van der Waals surface area (Å²) < 4.78 is 5.63. The summed E-state index contributed by atoms with van der Waals surface area (Å²) in [6.07, 6.45) is 1.52. The summed E-state index contributed by atoms with van der Waals surface area (Å²) in [4.78, 5) is 12.6. The van der Waals surface area contributed by atoms with Crippen LogP contribution in [0.5, 0.6) is 5.75 Å². The van der Waals surface area contributed by atoms with Crippen LogP contribution in [0.15, 0.2) is 53.6 Å². The van der Waals surface area contributed by atoms with E-state index in [0.717, 1.165) is 28.2 Å². The zero-order chi connectivity index (χ0) is 19.2. The molecule has 2 aromatic rings. The van der Waals surface area contributed by atoms with Gasteiger partial charge < -0.3 is 9.84 Å². The maximum atomic E-state index is 12.6. The number of ether oxygens (including phenoxy) is 1. The Morgan fingerprint density at radius 2 is 1.89 bits per heavy atom. The van der Waals surface area contributed by atoms with Gasteiger partial charge in [-0.3, -0.25) is 4.79 Å². The van der Waals surface area contributed by atoms with Crippen molar-refractivity contribution in [2.75, 3.05) is 13.2 Å². The summed E-state index contributed by atoms with van der Waals surface area (Å²) in [6, 6.07) is 15.5. The van der Waals surface area contributed by atoms with Crippen molar-refractivity contribution in [1.29, 1.82) is 0 Å². The average Bonchev–Trinajstić information content (AvgIpc) is 3.10. The van der Waals surface area contributed by atoms with Gasteiger partial charge in [0.2, 0.25) is 5.91 Å². The molecular formula is C22H26N2O3. The first kappa shape index (κ1) is 19.1. The quantitative estimate of drug-likeness (QED) is 0.764. The summed E-state index contributed by atoms with van der Waals surface area (Å²) in [5, 5.41) is 15.7. The van der Waals surface area contributed by atoms with Gasteiger partial charge in [-0.1, -0.05) is 47.5 Å². The molecule has 5 nitrogen and oxygen atoms in total. The van der Waals surface area contributed by atoms with Gasteiger partial charge in [0, 0.05) is 12.8 Å². The first-order valence-corrected chi connectivity index (χ1v) is 9.33. The van der Waals surface area contributed by atoms with Crippen LogP contribution in [0.3, 0.4) is 0 Å². The van der Waals surface area contributed by atoms with E-state index in [1.165, 1.54) is 5.01 Å². The lowest BCUT2D eigenvalue weighted by molar-refractivity contribution is -0.133. The summed E-state index contributed by atoms with van der Waals surface area (Å²) in [6.45, 7) is 4.47. The number of hydrazone groups is 1. The highest BCUT2D eigenvalue weighted by molar-refractivity contribution is 6.03. The predicted molar refractivity (Wildman–Crippen MR) is 106 cm³/mol. The molecular weight excluding hydrogens is 340 g/mol. The van der Waals surface area contributed by atoms with Crippen LogP contribution in [-0.2, 0) is 4.79 Å². The molecule has 27 heavy (non-hydrogen) atoms. The number of hydrogen-bond donors (Lipinski definition) is 1. The first-order valence-electron chi connectivity index (χ1n) is 9.33. The minimum Gasteiger partial charge on any atom is -0.494 e. The Bertz CT molecular complexity index is 797. The monoisotopic (exact) mass is 366 g/mol. The number of aliphatic hydroxyl groups excluding tert-OH is 1. The van der Waals surface area contributed by atoms with E-state index in [4.69, 9.17) is 4.74 Å². The van der Waals surface area contributed by atoms with E-state index in [2.05, 4.69) is 23.3 Å². The van der Waals surface area contributed by atoms with Crippen LogP contribution in [0.1, 0.15) is 36.0 Å². The van der Waals surface area contributed by atoms with Gasteiger partial charge in [0.25, 0.3) is 0 Å². The Balaban J connectivity index is 1.59. The largest absolute Gasteiger partial charge is 0.494 e. The second-order valence-electron chi connectivity index (χ2n) is 6.97. The molecule has 1 heterocycles. The van der Waals surface area contributed by atoms with Crippen LogP contribution in [0.2, 0.25) is 0 Å². The SMILES string of the molecule is Cc1cc(C)cc(C2=NN(C(=O)CCCOc3ccccc3)C(CO)C2)c1. The van der Waals surface area contributed by atoms with E-state index < -0.39 is 0 Å². The van der Waals surface area contributed by atoms with Crippen molar-refractivity contribution < 1.29 is 14.6 Å². The van der Waals surface area contributed by atoms with Gasteiger partial charge >= 0.3 is 0 Å². The Morgan fingerprint density at radius 1 is 1.19 bits per heavy atom. The number of nitrogens with zero attached hydrogens (tertiary/aromatic N) is 2. The second-order valence-corrected chi connectivity index (χ2v) is 6.97. The molecule has 0 aromatic heterocycles. The maximum Gasteiger partial charge on any atom is 0.243 e. The molecule has 0 saturated heterocycles. The lowest BCUT2D eigenvalue weighted by atomic mass is 10.0. The molecule has 0 aliphatic carbocycles. The second kappa shape index (κ2) is 8.82. The van der Waals surface area contributed by atoms with Crippen molar-refractivity contribution in [3.63, 3.8) is 0 Å². The van der Waals surface area contributed by atoms with Crippen LogP contribution in [0, 0.1) is 13.8 Å². The van der Waals surface area contributed by atoms with E-state index in [0.29, 0.717) is 25.9 Å². The number of para-hydroxylation sites is 1. The molecule has 1 N–H and O–H groups in total. The van der Waals surface area contributed by atoms with Crippen molar-refractivity contribution in [1.82, 2.24) is 5.01 Å². The number of aryl methyl sites for hydroxylation is 2. The molecule has 0 radical (unpaired) electrons. The van der Waals surface area contributed by atoms with E-state index in [-0.39, 0.29) is 18.6 Å². The first-order chi connectivity index (χ1) is 13.1. The Hall–Kier alpha value is -2.66. The van der Waals surface area contributed by atoms with Crippen LogP contribution < -0.4 is 4.74 Å². The molecule has 1 atom stereocenters. The van der Waals surface area contributed by atoms with Gasteiger partial charge in [-0.15, -0.1) is 0 Å². The molecule has 3 rings (SSSR count). The number of carbonyl (C=O) groups excluding carboxylic acids is 1. The Kier molecular flexibility index (Phi) is 6.24. The highest BCUT2D eigenvalue weighted by atomic mass is 16.5. The van der Waals surface area contributed by atoms with Gasteiger partial charge in [-0.25, -0.2) is 5.01 Å². The number of carbonyl (C=O) groups is 1. The normalized spacial score (nSPS) is 16.3. The number of amides is 1. The fourth-order valence-corrected chi connectivity index (χ4v) is 3.33. The van der Waals surface area contributed by atoms with E-state index in [1.54, 1.807) is 0 Å². The molecule has 1 aliphatic heterocycles. The lowest BCUT2D eigenvalue weighted by Gasteiger charge is -2.19. The van der Waals surface area contributed by atoms with E-state index >= 15 is 0 Å². The minimum atomic E-state index is -0.289.